The van der Waals surface area contributed by atoms with Gasteiger partial charge in [0.15, 0.2) is 4.77 Å². The first-order valence-electron chi connectivity index (χ1n) is 8.98. The Hall–Kier alpha value is -1.95. The monoisotopic (exact) mass is 359 g/mol. The maximum atomic E-state index is 12.7. The van der Waals surface area contributed by atoms with E-state index in [1.54, 1.807) is 6.07 Å². The van der Waals surface area contributed by atoms with Gasteiger partial charge in [-0.2, -0.15) is 0 Å². The maximum Gasteiger partial charge on any atom is 0.262 e. The molecule has 0 saturated carbocycles. The van der Waals surface area contributed by atoms with Gasteiger partial charge in [-0.25, -0.2) is 0 Å². The van der Waals surface area contributed by atoms with Crippen LogP contribution in [-0.4, -0.2) is 32.9 Å². The van der Waals surface area contributed by atoms with E-state index in [4.69, 9.17) is 12.2 Å². The highest BCUT2D eigenvalue weighted by Crippen LogP contribution is 2.21. The number of carbonyl (C=O) groups is 1. The Morgan fingerprint density at radius 2 is 2.04 bits per heavy atom. The molecule has 0 radical (unpaired) electrons. The van der Waals surface area contributed by atoms with Crippen molar-refractivity contribution < 1.29 is 4.79 Å². The van der Waals surface area contributed by atoms with Gasteiger partial charge >= 0.3 is 0 Å². The van der Waals surface area contributed by atoms with Crippen molar-refractivity contribution in [2.45, 2.75) is 52.1 Å². The smallest absolute Gasteiger partial charge is 0.262 e. The van der Waals surface area contributed by atoms with Crippen LogP contribution in [0.15, 0.2) is 29.1 Å². The molecule has 0 bridgehead atoms. The predicted molar refractivity (Wildman–Crippen MR) is 102 cm³/mol. The van der Waals surface area contributed by atoms with Gasteiger partial charge in [0, 0.05) is 25.6 Å². The number of carbonyl (C=O) groups excluding carboxylic acids is 1. The third-order valence-corrected chi connectivity index (χ3v) is 5.44. The van der Waals surface area contributed by atoms with Gasteiger partial charge in [0.05, 0.1) is 10.9 Å². The standard InChI is InChI=1S/C19H25N3O2S/c1-13-6-5-7-14(2)22(12-13)17(23)10-11-21-18(24)15-8-3-4-9-16(15)20-19(21)25/h3-4,8-9,13-14H,5-7,10-12H2,1-2H3,(H,20,25)/t13-,14-/m1/s1. The summed E-state index contributed by atoms with van der Waals surface area (Å²) in [5, 5.41) is 0.598. The second-order valence-electron chi connectivity index (χ2n) is 7.11. The number of benzene rings is 1. The molecule has 134 valence electrons. The van der Waals surface area contributed by atoms with Crippen molar-refractivity contribution in [3.63, 3.8) is 0 Å². The average molecular weight is 359 g/mol. The molecule has 1 saturated heterocycles. The van der Waals surface area contributed by atoms with E-state index >= 15 is 0 Å². The fourth-order valence-electron chi connectivity index (χ4n) is 3.63. The van der Waals surface area contributed by atoms with E-state index in [1.807, 2.05) is 23.1 Å². The summed E-state index contributed by atoms with van der Waals surface area (Å²) in [6.07, 6.45) is 3.68. The fraction of sp³-hybridized carbons (Fsp3) is 0.526. The number of aromatic nitrogens is 2. The number of H-pyrrole nitrogens is 1. The summed E-state index contributed by atoms with van der Waals surface area (Å²) in [4.78, 5) is 30.5. The normalized spacial score (nSPS) is 21.3. The third kappa shape index (κ3) is 3.84. The van der Waals surface area contributed by atoms with Crippen molar-refractivity contribution in [3.05, 3.63) is 39.4 Å². The molecule has 0 unspecified atom stereocenters. The van der Waals surface area contributed by atoms with Gasteiger partial charge in [-0.05, 0) is 50.0 Å². The van der Waals surface area contributed by atoms with Crippen LogP contribution in [0.25, 0.3) is 10.9 Å². The Bertz CT molecular complexity index is 886. The summed E-state index contributed by atoms with van der Waals surface area (Å²) in [6.45, 7) is 5.43. The number of nitrogens with zero attached hydrogens (tertiary/aromatic N) is 2. The van der Waals surface area contributed by atoms with E-state index in [1.165, 1.54) is 17.4 Å². The Morgan fingerprint density at radius 3 is 2.84 bits per heavy atom. The molecule has 6 heteroatoms. The van der Waals surface area contributed by atoms with Crippen LogP contribution in [0.5, 0.6) is 0 Å². The van der Waals surface area contributed by atoms with Crippen LogP contribution in [0.1, 0.15) is 39.5 Å². The lowest BCUT2D eigenvalue weighted by atomic mass is 10.1. The predicted octanol–water partition coefficient (Wildman–Crippen LogP) is 3.49. The van der Waals surface area contributed by atoms with Gasteiger partial charge in [-0.3, -0.25) is 14.2 Å². The largest absolute Gasteiger partial charge is 0.340 e. The van der Waals surface area contributed by atoms with Crippen LogP contribution in [0.2, 0.25) is 0 Å². The van der Waals surface area contributed by atoms with Crippen molar-refractivity contribution >= 4 is 29.0 Å². The van der Waals surface area contributed by atoms with Gasteiger partial charge in [0.2, 0.25) is 5.91 Å². The lowest BCUT2D eigenvalue weighted by molar-refractivity contribution is -0.133. The number of fused-ring (bicyclic) bond motifs is 1. The maximum absolute atomic E-state index is 12.7. The molecule has 0 aliphatic carbocycles. The summed E-state index contributed by atoms with van der Waals surface area (Å²) < 4.78 is 1.87. The molecule has 1 aliphatic rings. The van der Waals surface area contributed by atoms with Crippen molar-refractivity contribution in [1.29, 1.82) is 0 Å². The van der Waals surface area contributed by atoms with Crippen LogP contribution in [0.4, 0.5) is 0 Å². The second kappa shape index (κ2) is 7.52. The SMILES string of the molecule is C[C@@H]1CCC[C@@H](C)N(C(=O)CCn2c(=S)[nH]c3ccccc3c2=O)C1. The summed E-state index contributed by atoms with van der Waals surface area (Å²) in [5.41, 5.74) is 0.597. The van der Waals surface area contributed by atoms with Crippen LogP contribution < -0.4 is 5.56 Å². The number of hydrogen-bond acceptors (Lipinski definition) is 3. The summed E-state index contributed by atoms with van der Waals surface area (Å²) in [6, 6.07) is 7.57. The molecule has 1 aromatic heterocycles. The Balaban J connectivity index is 1.79. The number of para-hydroxylation sites is 1. The topological polar surface area (TPSA) is 58.1 Å². The molecule has 1 aliphatic heterocycles. The molecule has 3 rings (SSSR count). The zero-order valence-electron chi connectivity index (χ0n) is 14.8. The zero-order valence-corrected chi connectivity index (χ0v) is 15.6. The fourth-order valence-corrected chi connectivity index (χ4v) is 3.91. The molecule has 2 aromatic rings. The van der Waals surface area contributed by atoms with E-state index in [-0.39, 0.29) is 17.5 Å². The number of nitrogens with one attached hydrogen (secondary N) is 1. The quantitative estimate of drug-likeness (QED) is 0.854. The first kappa shape index (κ1) is 17.9. The Morgan fingerprint density at radius 1 is 1.28 bits per heavy atom. The van der Waals surface area contributed by atoms with E-state index in [9.17, 15) is 9.59 Å². The van der Waals surface area contributed by atoms with E-state index in [2.05, 4.69) is 18.8 Å². The highest BCUT2D eigenvalue weighted by Gasteiger charge is 2.24. The highest BCUT2D eigenvalue weighted by molar-refractivity contribution is 7.71. The van der Waals surface area contributed by atoms with E-state index < -0.39 is 0 Å². The van der Waals surface area contributed by atoms with Crippen LogP contribution in [-0.2, 0) is 11.3 Å². The summed E-state index contributed by atoms with van der Waals surface area (Å²) in [5.74, 6) is 0.635. The molecule has 5 nitrogen and oxygen atoms in total. The van der Waals surface area contributed by atoms with Gasteiger partial charge in [-0.15, -0.1) is 0 Å². The minimum absolute atomic E-state index is 0.107. The second-order valence-corrected chi connectivity index (χ2v) is 7.50. The molecule has 1 fully saturated rings. The van der Waals surface area contributed by atoms with E-state index in [0.717, 1.165) is 18.5 Å². The van der Waals surface area contributed by atoms with Gasteiger partial charge < -0.3 is 9.88 Å². The first-order valence-corrected chi connectivity index (χ1v) is 9.39. The Labute approximate surface area is 152 Å². The summed E-state index contributed by atoms with van der Waals surface area (Å²) >= 11 is 5.32. The van der Waals surface area contributed by atoms with Crippen LogP contribution >= 0.6 is 12.2 Å². The molecule has 1 aromatic carbocycles. The zero-order chi connectivity index (χ0) is 18.0. The minimum atomic E-state index is -0.135. The van der Waals surface area contributed by atoms with Gasteiger partial charge in [-0.1, -0.05) is 25.5 Å². The lowest BCUT2D eigenvalue weighted by Gasteiger charge is -2.29. The number of likely N-dealkylation sites (tertiary alicyclic amines) is 1. The molecule has 2 heterocycles. The molecule has 1 amide bonds. The first-order chi connectivity index (χ1) is 12.0. The number of rotatable bonds is 3. The molecule has 1 N–H and O–H groups in total. The van der Waals surface area contributed by atoms with Crippen molar-refractivity contribution in [3.8, 4) is 0 Å². The molecule has 25 heavy (non-hydrogen) atoms. The van der Waals surface area contributed by atoms with Crippen LogP contribution in [0.3, 0.4) is 0 Å². The van der Waals surface area contributed by atoms with Crippen molar-refractivity contribution in [2.24, 2.45) is 5.92 Å². The van der Waals surface area contributed by atoms with Crippen molar-refractivity contribution in [1.82, 2.24) is 14.5 Å². The number of hydrogen-bond donors (Lipinski definition) is 1. The van der Waals surface area contributed by atoms with Crippen molar-refractivity contribution in [2.75, 3.05) is 6.54 Å². The van der Waals surface area contributed by atoms with Crippen LogP contribution in [0, 0.1) is 10.7 Å². The average Bonchev–Trinajstić information content (AvgIpc) is 2.75. The number of aromatic amines is 1. The van der Waals surface area contributed by atoms with Gasteiger partial charge in [0.1, 0.15) is 0 Å². The van der Waals surface area contributed by atoms with Gasteiger partial charge in [0.25, 0.3) is 5.56 Å². The number of amides is 1. The highest BCUT2D eigenvalue weighted by atomic mass is 32.1. The molecular weight excluding hydrogens is 334 g/mol. The minimum Gasteiger partial charge on any atom is -0.340 e. The van der Waals surface area contributed by atoms with E-state index in [0.29, 0.717) is 29.0 Å². The Kier molecular flexibility index (Phi) is 5.37. The molecule has 0 spiro atoms. The summed E-state index contributed by atoms with van der Waals surface area (Å²) in [7, 11) is 0. The molecular formula is C19H25N3O2S. The molecule has 2 atom stereocenters. The third-order valence-electron chi connectivity index (χ3n) is 5.12. The lowest BCUT2D eigenvalue weighted by Crippen LogP contribution is -2.40.